The second-order valence-corrected chi connectivity index (χ2v) is 8.00. The third-order valence-electron chi connectivity index (χ3n) is 5.39. The summed E-state index contributed by atoms with van der Waals surface area (Å²) in [7, 11) is 0. The minimum absolute atomic E-state index is 0.290. The summed E-state index contributed by atoms with van der Waals surface area (Å²) in [6.07, 6.45) is -1.91. The lowest BCUT2D eigenvalue weighted by Gasteiger charge is -2.07. The molecule has 4 aromatic rings. The molecule has 33 heavy (non-hydrogen) atoms. The van der Waals surface area contributed by atoms with E-state index in [2.05, 4.69) is 21.3 Å². The number of halogens is 4. The van der Waals surface area contributed by atoms with Gasteiger partial charge in [0, 0.05) is 29.2 Å². The van der Waals surface area contributed by atoms with Gasteiger partial charge in [-0.15, -0.1) is 0 Å². The fourth-order valence-corrected chi connectivity index (χ4v) is 3.87. The molecule has 10 heteroatoms. The normalized spacial score (nSPS) is 11.6. The monoisotopic (exact) mass is 470 g/mol. The fourth-order valence-electron chi connectivity index (χ4n) is 3.65. The summed E-state index contributed by atoms with van der Waals surface area (Å²) in [6.45, 7) is 6.08. The average Bonchev–Trinajstić information content (AvgIpc) is 3.26. The maximum atomic E-state index is 12.8. The Hall–Kier alpha value is -3.64. The number of aromatic nitrogens is 5. The molecule has 168 valence electrons. The molecule has 0 spiro atoms. The molecular weight excluding hydrogens is 453 g/mol. The molecule has 1 aromatic carbocycles. The smallest absolute Gasteiger partial charge is 0.264 e. The molecule has 0 fully saturated rings. The van der Waals surface area contributed by atoms with Crippen LogP contribution >= 0.6 is 11.6 Å². The molecule has 0 bridgehead atoms. The Morgan fingerprint density at radius 1 is 1.06 bits per heavy atom. The van der Waals surface area contributed by atoms with Crippen LogP contribution in [0.3, 0.4) is 0 Å². The van der Waals surface area contributed by atoms with Gasteiger partial charge in [0.2, 0.25) is 0 Å². The van der Waals surface area contributed by atoms with Crippen LogP contribution in [0.15, 0.2) is 42.7 Å². The molecule has 0 atom stereocenters. The predicted octanol–water partition coefficient (Wildman–Crippen LogP) is 5.65. The highest BCUT2D eigenvalue weighted by Gasteiger charge is 2.30. The van der Waals surface area contributed by atoms with Crippen molar-refractivity contribution in [3.05, 3.63) is 81.5 Å². The van der Waals surface area contributed by atoms with Gasteiger partial charge in [-0.1, -0.05) is 17.7 Å². The zero-order valence-corrected chi connectivity index (χ0v) is 18.7. The molecule has 0 saturated carbocycles. The summed E-state index contributed by atoms with van der Waals surface area (Å²) in [6, 6.07) is 9.59. The second-order valence-electron chi connectivity index (χ2n) is 7.60. The number of nitriles is 1. The summed E-state index contributed by atoms with van der Waals surface area (Å²) in [5.41, 5.74) is 4.67. The molecule has 0 unspecified atom stereocenters. The van der Waals surface area contributed by atoms with Crippen LogP contribution in [0.5, 0.6) is 0 Å². The summed E-state index contributed by atoms with van der Waals surface area (Å²) < 4.78 is 41.7. The number of nitrogens with zero attached hydrogens (tertiary/aromatic N) is 6. The largest absolute Gasteiger partial charge is 0.417 e. The minimum Gasteiger partial charge on any atom is -0.264 e. The van der Waals surface area contributed by atoms with Gasteiger partial charge in [-0.2, -0.15) is 28.6 Å². The Kier molecular flexibility index (Phi) is 5.72. The number of hydrogen-bond donors (Lipinski definition) is 0. The van der Waals surface area contributed by atoms with Gasteiger partial charge in [-0.3, -0.25) is 4.68 Å². The Morgan fingerprint density at radius 3 is 2.42 bits per heavy atom. The molecule has 0 radical (unpaired) electrons. The fraction of sp³-hybridized carbons (Fsp3) is 0.217. The number of aryl methyl sites for hydroxylation is 2. The van der Waals surface area contributed by atoms with Crippen molar-refractivity contribution in [1.82, 2.24) is 24.5 Å². The number of pyridine rings is 1. The zero-order valence-electron chi connectivity index (χ0n) is 17.9. The van der Waals surface area contributed by atoms with E-state index in [1.807, 2.05) is 31.5 Å². The third kappa shape index (κ3) is 4.34. The second kappa shape index (κ2) is 8.37. The topological polar surface area (TPSA) is 72.3 Å². The van der Waals surface area contributed by atoms with Crippen molar-refractivity contribution in [3.63, 3.8) is 0 Å². The lowest BCUT2D eigenvalue weighted by molar-refractivity contribution is -0.137. The van der Waals surface area contributed by atoms with Gasteiger partial charge in [-0.25, -0.2) is 9.67 Å². The molecule has 3 heterocycles. The summed E-state index contributed by atoms with van der Waals surface area (Å²) in [4.78, 5) is 3.90. The zero-order chi connectivity index (χ0) is 23.9. The third-order valence-corrected chi connectivity index (χ3v) is 5.70. The Morgan fingerprint density at radius 2 is 1.82 bits per heavy atom. The first-order chi connectivity index (χ1) is 15.6. The van der Waals surface area contributed by atoms with Gasteiger partial charge in [0.15, 0.2) is 5.82 Å². The summed E-state index contributed by atoms with van der Waals surface area (Å²) in [5, 5.41) is 18.5. The van der Waals surface area contributed by atoms with Crippen LogP contribution < -0.4 is 0 Å². The van der Waals surface area contributed by atoms with Crippen LogP contribution in [0.2, 0.25) is 5.02 Å². The van der Waals surface area contributed by atoms with E-state index in [4.69, 9.17) is 16.9 Å². The van der Waals surface area contributed by atoms with Gasteiger partial charge >= 0.3 is 6.18 Å². The quantitative estimate of drug-likeness (QED) is 0.386. The molecule has 6 nitrogen and oxygen atoms in total. The molecule has 0 amide bonds. The van der Waals surface area contributed by atoms with Crippen LogP contribution in [0.25, 0.3) is 16.9 Å². The van der Waals surface area contributed by atoms with Crippen molar-refractivity contribution in [2.75, 3.05) is 0 Å². The first-order valence-electron chi connectivity index (χ1n) is 9.91. The van der Waals surface area contributed by atoms with E-state index in [0.717, 1.165) is 40.3 Å². The molecule has 3 aromatic heterocycles. The van der Waals surface area contributed by atoms with Gasteiger partial charge in [0.05, 0.1) is 34.1 Å². The molecule has 0 aliphatic rings. The Labute approximate surface area is 192 Å². The highest BCUT2D eigenvalue weighted by molar-refractivity contribution is 6.32. The standard InChI is InChI=1S/C23H18ClF3N6/c1-13-18(12-33(30-13)21-7-6-19(10-29-21)23(25,26)27)11-32-15(3)22(14(2)31-32)16-4-5-17(9-28)20(24)8-16/h4-8,10,12H,11H2,1-3H3. The SMILES string of the molecule is Cc1nn(-c2ccc(C(F)(F)F)cn2)cc1Cn1nc(C)c(-c2ccc(C#N)c(Cl)c2)c1C. The van der Waals surface area contributed by atoms with E-state index in [0.29, 0.717) is 28.6 Å². The predicted molar refractivity (Wildman–Crippen MR) is 117 cm³/mol. The molecule has 4 rings (SSSR count). The molecule has 0 saturated heterocycles. The van der Waals surface area contributed by atoms with Crippen molar-refractivity contribution < 1.29 is 13.2 Å². The van der Waals surface area contributed by atoms with Gasteiger partial charge < -0.3 is 0 Å². The average molecular weight is 471 g/mol. The Balaban J connectivity index is 1.63. The van der Waals surface area contributed by atoms with E-state index in [1.54, 1.807) is 18.3 Å². The van der Waals surface area contributed by atoms with Crippen molar-refractivity contribution in [1.29, 1.82) is 5.26 Å². The van der Waals surface area contributed by atoms with Crippen molar-refractivity contribution in [2.45, 2.75) is 33.5 Å². The van der Waals surface area contributed by atoms with E-state index in [9.17, 15) is 13.2 Å². The van der Waals surface area contributed by atoms with Crippen molar-refractivity contribution in [3.8, 4) is 23.0 Å². The van der Waals surface area contributed by atoms with Crippen LogP contribution in [0, 0.1) is 32.1 Å². The van der Waals surface area contributed by atoms with E-state index >= 15 is 0 Å². The van der Waals surface area contributed by atoms with E-state index in [1.165, 1.54) is 10.7 Å². The first-order valence-corrected chi connectivity index (χ1v) is 10.3. The number of rotatable bonds is 4. The first kappa shape index (κ1) is 22.6. The molecule has 0 aliphatic heterocycles. The van der Waals surface area contributed by atoms with Crippen LogP contribution in [-0.2, 0) is 12.7 Å². The van der Waals surface area contributed by atoms with E-state index < -0.39 is 11.7 Å². The van der Waals surface area contributed by atoms with Gasteiger partial charge in [0.1, 0.15) is 6.07 Å². The van der Waals surface area contributed by atoms with Gasteiger partial charge in [0.25, 0.3) is 0 Å². The number of hydrogen-bond acceptors (Lipinski definition) is 4. The lowest BCUT2D eigenvalue weighted by atomic mass is 10.0. The minimum atomic E-state index is -4.44. The molecule has 0 aliphatic carbocycles. The molecular formula is C23H18ClF3N6. The highest BCUT2D eigenvalue weighted by Crippen LogP contribution is 2.31. The van der Waals surface area contributed by atoms with Crippen molar-refractivity contribution >= 4 is 11.6 Å². The summed E-state index contributed by atoms with van der Waals surface area (Å²) in [5.74, 6) is 0.290. The lowest BCUT2D eigenvalue weighted by Crippen LogP contribution is -2.07. The van der Waals surface area contributed by atoms with Crippen LogP contribution in [0.4, 0.5) is 13.2 Å². The van der Waals surface area contributed by atoms with Gasteiger partial charge in [-0.05, 0) is 50.6 Å². The highest BCUT2D eigenvalue weighted by atomic mass is 35.5. The number of alkyl halides is 3. The Bertz CT molecular complexity index is 1380. The number of benzene rings is 1. The van der Waals surface area contributed by atoms with E-state index in [-0.39, 0.29) is 0 Å². The summed E-state index contributed by atoms with van der Waals surface area (Å²) >= 11 is 6.21. The van der Waals surface area contributed by atoms with Crippen molar-refractivity contribution in [2.24, 2.45) is 0 Å². The maximum Gasteiger partial charge on any atom is 0.417 e. The van der Waals surface area contributed by atoms with Crippen LogP contribution in [0.1, 0.15) is 33.8 Å². The molecule has 0 N–H and O–H groups in total. The van der Waals surface area contributed by atoms with Crippen LogP contribution in [-0.4, -0.2) is 24.5 Å². The maximum absolute atomic E-state index is 12.8.